The van der Waals surface area contributed by atoms with Gasteiger partial charge < -0.3 is 5.32 Å². The minimum absolute atomic E-state index is 0.293. The Hall–Kier alpha value is -1.06. The van der Waals surface area contributed by atoms with Crippen molar-refractivity contribution in [2.45, 2.75) is 25.8 Å². The van der Waals surface area contributed by atoms with Crippen LogP contribution < -0.4 is 5.32 Å². The molecule has 100 valence electrons. The summed E-state index contributed by atoms with van der Waals surface area (Å²) in [6.45, 7) is 2.19. The van der Waals surface area contributed by atoms with Crippen LogP contribution in [0.25, 0.3) is 0 Å². The second-order valence-electron chi connectivity index (χ2n) is 4.39. The van der Waals surface area contributed by atoms with Gasteiger partial charge in [0.25, 0.3) is 0 Å². The van der Waals surface area contributed by atoms with Gasteiger partial charge in [-0.2, -0.15) is 0 Å². The van der Waals surface area contributed by atoms with Crippen LogP contribution in [0.1, 0.15) is 31.4 Å². The lowest BCUT2D eigenvalue weighted by atomic mass is 10.0. The summed E-state index contributed by atoms with van der Waals surface area (Å²) in [4.78, 5) is 4.14. The number of hydrogen-bond acceptors (Lipinski definition) is 2. The Labute approximate surface area is 127 Å². The fourth-order valence-corrected chi connectivity index (χ4v) is 2.45. The normalized spacial score (nSPS) is 12.2. The first-order valence-electron chi connectivity index (χ1n) is 6.33. The number of halogens is 2. The molecule has 0 radical (unpaired) electrons. The maximum absolute atomic E-state index is 5.91. The molecule has 1 N–H and O–H groups in total. The Morgan fingerprint density at radius 1 is 1.32 bits per heavy atom. The van der Waals surface area contributed by atoms with Gasteiger partial charge in [-0.25, -0.2) is 4.98 Å². The van der Waals surface area contributed by atoms with Crippen LogP contribution in [0.3, 0.4) is 0 Å². The van der Waals surface area contributed by atoms with Gasteiger partial charge in [0.15, 0.2) is 0 Å². The quantitative estimate of drug-likeness (QED) is 0.733. The molecule has 1 heterocycles. The summed E-state index contributed by atoms with van der Waals surface area (Å²) in [5.74, 6) is 0. The molecule has 19 heavy (non-hydrogen) atoms. The third kappa shape index (κ3) is 3.95. The summed E-state index contributed by atoms with van der Waals surface area (Å²) in [7, 11) is 0. The smallest absolute Gasteiger partial charge is 0.143 e. The number of rotatable bonds is 5. The van der Waals surface area contributed by atoms with Crippen LogP contribution in [0.4, 0.5) is 5.69 Å². The van der Waals surface area contributed by atoms with Gasteiger partial charge in [0.1, 0.15) is 5.15 Å². The highest BCUT2D eigenvalue weighted by Gasteiger charge is 2.11. The van der Waals surface area contributed by atoms with Gasteiger partial charge >= 0.3 is 0 Å². The Bertz CT molecular complexity index is 531. The lowest BCUT2D eigenvalue weighted by Gasteiger charge is -2.20. The van der Waals surface area contributed by atoms with E-state index in [0.717, 1.165) is 23.0 Å². The molecular weight excluding hydrogens is 324 g/mol. The highest BCUT2D eigenvalue weighted by molar-refractivity contribution is 9.10. The molecule has 0 spiro atoms. The molecule has 1 aromatic carbocycles. The van der Waals surface area contributed by atoms with Crippen molar-refractivity contribution in [2.75, 3.05) is 5.32 Å². The minimum atomic E-state index is 0.293. The number of nitrogens with one attached hydrogen (secondary N) is 1. The zero-order valence-corrected chi connectivity index (χ0v) is 13.1. The van der Waals surface area contributed by atoms with Crippen LogP contribution >= 0.6 is 27.5 Å². The lowest BCUT2D eigenvalue weighted by molar-refractivity contribution is 0.677. The number of anilines is 1. The van der Waals surface area contributed by atoms with Crippen molar-refractivity contribution < 1.29 is 0 Å². The average molecular weight is 340 g/mol. The molecule has 0 saturated carbocycles. The van der Waals surface area contributed by atoms with Crippen molar-refractivity contribution in [3.63, 3.8) is 0 Å². The molecule has 1 unspecified atom stereocenters. The monoisotopic (exact) mass is 338 g/mol. The van der Waals surface area contributed by atoms with E-state index in [1.807, 2.05) is 12.1 Å². The number of nitrogens with zero attached hydrogens (tertiary/aromatic N) is 1. The van der Waals surface area contributed by atoms with Crippen LogP contribution in [0.15, 0.2) is 47.1 Å². The molecule has 0 bridgehead atoms. The first kappa shape index (κ1) is 14.4. The van der Waals surface area contributed by atoms with Crippen molar-refractivity contribution in [1.29, 1.82) is 0 Å². The average Bonchev–Trinajstić information content (AvgIpc) is 2.43. The van der Waals surface area contributed by atoms with Crippen LogP contribution in [0.2, 0.25) is 5.15 Å². The number of benzene rings is 1. The second-order valence-corrected chi connectivity index (χ2v) is 5.61. The van der Waals surface area contributed by atoms with Crippen molar-refractivity contribution >= 4 is 33.2 Å². The molecule has 4 heteroatoms. The van der Waals surface area contributed by atoms with Crippen molar-refractivity contribution in [2.24, 2.45) is 0 Å². The van der Waals surface area contributed by atoms with E-state index in [9.17, 15) is 0 Å². The zero-order chi connectivity index (χ0) is 13.7. The van der Waals surface area contributed by atoms with Gasteiger partial charge in [0, 0.05) is 0 Å². The SMILES string of the molecule is CCCC(Nc1cnc(Cl)c(Br)c1)c1ccccc1. The number of pyridine rings is 1. The van der Waals surface area contributed by atoms with Crippen molar-refractivity contribution in [3.8, 4) is 0 Å². The molecule has 0 saturated heterocycles. The summed E-state index contributed by atoms with van der Waals surface area (Å²) in [5, 5.41) is 4.00. The van der Waals surface area contributed by atoms with Gasteiger partial charge in [-0.3, -0.25) is 0 Å². The third-order valence-electron chi connectivity index (χ3n) is 2.92. The van der Waals surface area contributed by atoms with E-state index in [-0.39, 0.29) is 0 Å². The van der Waals surface area contributed by atoms with E-state index >= 15 is 0 Å². The molecular formula is C15H16BrClN2. The van der Waals surface area contributed by atoms with E-state index < -0.39 is 0 Å². The van der Waals surface area contributed by atoms with Gasteiger partial charge in [-0.15, -0.1) is 0 Å². The van der Waals surface area contributed by atoms with Crippen LogP contribution in [0.5, 0.6) is 0 Å². The minimum Gasteiger partial charge on any atom is -0.377 e. The highest BCUT2D eigenvalue weighted by Crippen LogP contribution is 2.27. The molecule has 1 aromatic heterocycles. The Morgan fingerprint density at radius 2 is 2.05 bits per heavy atom. The van der Waals surface area contributed by atoms with Gasteiger partial charge in [-0.05, 0) is 34.0 Å². The summed E-state index contributed by atoms with van der Waals surface area (Å²) < 4.78 is 0.808. The lowest BCUT2D eigenvalue weighted by Crippen LogP contribution is -2.10. The van der Waals surface area contributed by atoms with E-state index in [4.69, 9.17) is 11.6 Å². The molecule has 0 aliphatic rings. The molecule has 1 atom stereocenters. The van der Waals surface area contributed by atoms with Crippen molar-refractivity contribution in [3.05, 3.63) is 57.8 Å². The topological polar surface area (TPSA) is 24.9 Å². The molecule has 0 aliphatic heterocycles. The zero-order valence-electron chi connectivity index (χ0n) is 10.7. The predicted octanol–water partition coefficient (Wildman–Crippen LogP) is 5.45. The van der Waals surface area contributed by atoms with E-state index in [1.165, 1.54) is 5.56 Å². The van der Waals surface area contributed by atoms with E-state index in [2.05, 4.69) is 57.4 Å². The Kier molecular flexibility index (Phi) is 5.23. The molecule has 2 nitrogen and oxygen atoms in total. The first-order valence-corrected chi connectivity index (χ1v) is 7.50. The molecule has 2 aromatic rings. The molecule has 0 fully saturated rings. The molecule has 2 rings (SSSR count). The fourth-order valence-electron chi connectivity index (χ4n) is 2.00. The standard InChI is InChI=1S/C15H16BrClN2/c1-2-6-14(11-7-4-3-5-8-11)19-12-9-13(16)15(17)18-10-12/h3-5,7-10,14,19H,2,6H2,1H3. The Morgan fingerprint density at radius 3 is 2.68 bits per heavy atom. The third-order valence-corrected chi connectivity index (χ3v) is 4.05. The van der Waals surface area contributed by atoms with Crippen LogP contribution in [-0.4, -0.2) is 4.98 Å². The highest BCUT2D eigenvalue weighted by atomic mass is 79.9. The van der Waals surface area contributed by atoms with Crippen LogP contribution in [-0.2, 0) is 0 Å². The maximum atomic E-state index is 5.91. The first-order chi connectivity index (χ1) is 9.20. The summed E-state index contributed by atoms with van der Waals surface area (Å²) >= 11 is 9.31. The van der Waals surface area contributed by atoms with E-state index in [0.29, 0.717) is 11.2 Å². The molecule has 0 amide bonds. The Balaban J connectivity index is 2.19. The van der Waals surface area contributed by atoms with Gasteiger partial charge in [0.2, 0.25) is 0 Å². The number of aromatic nitrogens is 1. The summed E-state index contributed by atoms with van der Waals surface area (Å²) in [5.41, 5.74) is 2.26. The second kappa shape index (κ2) is 6.92. The summed E-state index contributed by atoms with van der Waals surface area (Å²) in [6, 6.07) is 12.7. The van der Waals surface area contributed by atoms with Crippen LogP contribution in [0, 0.1) is 0 Å². The summed E-state index contributed by atoms with van der Waals surface area (Å²) in [6.07, 6.45) is 3.96. The van der Waals surface area contributed by atoms with E-state index in [1.54, 1.807) is 6.20 Å². The maximum Gasteiger partial charge on any atom is 0.143 e. The predicted molar refractivity (Wildman–Crippen MR) is 84.7 cm³/mol. The largest absolute Gasteiger partial charge is 0.377 e. The molecule has 0 aliphatic carbocycles. The van der Waals surface area contributed by atoms with Gasteiger partial charge in [0.05, 0.1) is 22.4 Å². The fraction of sp³-hybridized carbons (Fsp3) is 0.267. The van der Waals surface area contributed by atoms with Gasteiger partial charge in [-0.1, -0.05) is 55.3 Å². The van der Waals surface area contributed by atoms with Crippen molar-refractivity contribution in [1.82, 2.24) is 4.98 Å². The number of hydrogen-bond donors (Lipinski definition) is 1.